The van der Waals surface area contributed by atoms with E-state index in [0.29, 0.717) is 23.7 Å². The molecule has 0 aliphatic rings. The first-order chi connectivity index (χ1) is 13.2. The summed E-state index contributed by atoms with van der Waals surface area (Å²) in [6, 6.07) is 17.1. The monoisotopic (exact) mass is 362 g/mol. The maximum Gasteiger partial charge on any atom is 0.189 e. The van der Waals surface area contributed by atoms with E-state index < -0.39 is 0 Å². The normalized spacial score (nSPS) is 10.9. The topological polar surface area (TPSA) is 44.8 Å². The van der Waals surface area contributed by atoms with Crippen LogP contribution in [0, 0.1) is 0 Å². The lowest BCUT2D eigenvalue weighted by Crippen LogP contribution is -2.00. The van der Waals surface area contributed by atoms with Gasteiger partial charge >= 0.3 is 0 Å². The Hall–Kier alpha value is -3.27. The summed E-state index contributed by atoms with van der Waals surface area (Å²) in [6.45, 7) is 2.49. The molecule has 3 aromatic carbocycles. The van der Waals surface area contributed by atoms with Crippen molar-refractivity contribution in [1.82, 2.24) is 0 Å². The van der Waals surface area contributed by atoms with Gasteiger partial charge in [0.05, 0.1) is 26.4 Å². The largest absolute Gasteiger partial charge is 0.497 e. The van der Waals surface area contributed by atoms with Crippen LogP contribution in [0.4, 0.5) is 0 Å². The van der Waals surface area contributed by atoms with Crippen LogP contribution in [0.25, 0.3) is 16.8 Å². The minimum absolute atomic E-state index is 0.166. The molecule has 0 saturated carbocycles. The molecule has 0 aliphatic heterocycles. The Balaban J connectivity index is 2.03. The lowest BCUT2D eigenvalue weighted by molar-refractivity contribution is 0.104. The Morgan fingerprint density at radius 3 is 2.48 bits per heavy atom. The highest BCUT2D eigenvalue weighted by Crippen LogP contribution is 2.30. The molecule has 0 fully saturated rings. The van der Waals surface area contributed by atoms with Crippen LogP contribution < -0.4 is 14.2 Å². The molecule has 0 saturated heterocycles. The van der Waals surface area contributed by atoms with Crippen molar-refractivity contribution in [3.63, 3.8) is 0 Å². The van der Waals surface area contributed by atoms with Crippen LogP contribution in [0.15, 0.2) is 60.7 Å². The molecule has 0 spiro atoms. The lowest BCUT2D eigenvalue weighted by Gasteiger charge is -2.11. The molecule has 0 aromatic heterocycles. The second kappa shape index (κ2) is 8.41. The average Bonchev–Trinajstić information content (AvgIpc) is 2.72. The summed E-state index contributed by atoms with van der Waals surface area (Å²) >= 11 is 0. The first-order valence-corrected chi connectivity index (χ1v) is 8.77. The summed E-state index contributed by atoms with van der Waals surface area (Å²) in [5, 5.41) is 2.12. The molecule has 4 heteroatoms. The summed E-state index contributed by atoms with van der Waals surface area (Å²) in [6.07, 6.45) is 3.34. The number of carbonyl (C=O) groups is 1. The zero-order valence-corrected chi connectivity index (χ0v) is 15.7. The summed E-state index contributed by atoms with van der Waals surface area (Å²) in [7, 11) is 3.11. The smallest absolute Gasteiger partial charge is 0.189 e. The number of hydrogen-bond donors (Lipinski definition) is 0. The minimum atomic E-state index is -0.166. The first-order valence-electron chi connectivity index (χ1n) is 8.77. The van der Waals surface area contributed by atoms with Crippen LogP contribution in [-0.2, 0) is 0 Å². The van der Waals surface area contributed by atoms with Gasteiger partial charge in [-0.3, -0.25) is 4.79 Å². The summed E-state index contributed by atoms with van der Waals surface area (Å²) < 4.78 is 16.3. The van der Waals surface area contributed by atoms with Gasteiger partial charge in [-0.1, -0.05) is 30.3 Å². The van der Waals surface area contributed by atoms with E-state index in [2.05, 4.69) is 0 Å². The Morgan fingerprint density at radius 1 is 0.963 bits per heavy atom. The van der Waals surface area contributed by atoms with Crippen LogP contribution in [0.1, 0.15) is 22.8 Å². The highest BCUT2D eigenvalue weighted by molar-refractivity contribution is 6.10. The number of methoxy groups -OCH3 is 2. The Morgan fingerprint density at radius 2 is 1.74 bits per heavy atom. The molecule has 138 valence electrons. The van der Waals surface area contributed by atoms with Gasteiger partial charge in [0.1, 0.15) is 17.2 Å². The molecule has 27 heavy (non-hydrogen) atoms. The van der Waals surface area contributed by atoms with E-state index in [1.807, 2.05) is 43.3 Å². The first kappa shape index (κ1) is 18.5. The van der Waals surface area contributed by atoms with Gasteiger partial charge in [-0.25, -0.2) is 0 Å². The Bertz CT molecular complexity index is 989. The van der Waals surface area contributed by atoms with E-state index in [1.165, 1.54) is 0 Å². The maximum absolute atomic E-state index is 12.8. The summed E-state index contributed by atoms with van der Waals surface area (Å²) in [4.78, 5) is 12.8. The van der Waals surface area contributed by atoms with Crippen molar-refractivity contribution < 1.29 is 19.0 Å². The van der Waals surface area contributed by atoms with Crippen LogP contribution in [-0.4, -0.2) is 26.6 Å². The van der Waals surface area contributed by atoms with Crippen molar-refractivity contribution in [1.29, 1.82) is 0 Å². The highest BCUT2D eigenvalue weighted by atomic mass is 16.5. The zero-order chi connectivity index (χ0) is 19.2. The van der Waals surface area contributed by atoms with Crippen molar-refractivity contribution in [3.05, 3.63) is 71.8 Å². The molecular weight excluding hydrogens is 340 g/mol. The number of benzene rings is 3. The second-order valence-electron chi connectivity index (χ2n) is 5.90. The van der Waals surface area contributed by atoms with Crippen molar-refractivity contribution in [2.45, 2.75) is 6.92 Å². The standard InChI is InChI=1S/C23H22O4/c1-4-27-23-13-9-16-7-5-6-8-18(16)19(23)11-12-21(24)20-15-17(25-2)10-14-22(20)26-3/h5-15H,4H2,1-3H3/b12-11+. The van der Waals surface area contributed by atoms with Crippen LogP contribution in [0.3, 0.4) is 0 Å². The molecule has 0 amide bonds. The molecule has 0 N–H and O–H groups in total. The third-order valence-electron chi connectivity index (χ3n) is 4.30. The number of ether oxygens (including phenoxy) is 3. The van der Waals surface area contributed by atoms with Gasteiger partial charge in [0.2, 0.25) is 0 Å². The van der Waals surface area contributed by atoms with Gasteiger partial charge in [0, 0.05) is 5.56 Å². The van der Waals surface area contributed by atoms with Gasteiger partial charge in [-0.15, -0.1) is 0 Å². The number of fused-ring (bicyclic) bond motifs is 1. The molecular formula is C23H22O4. The van der Waals surface area contributed by atoms with Crippen molar-refractivity contribution in [2.24, 2.45) is 0 Å². The molecule has 0 atom stereocenters. The lowest BCUT2D eigenvalue weighted by atomic mass is 10.0. The molecule has 0 aliphatic carbocycles. The van der Waals surface area contributed by atoms with Crippen molar-refractivity contribution >= 4 is 22.6 Å². The van der Waals surface area contributed by atoms with Crippen LogP contribution in [0.2, 0.25) is 0 Å². The zero-order valence-electron chi connectivity index (χ0n) is 15.7. The van der Waals surface area contributed by atoms with Gasteiger partial charge < -0.3 is 14.2 Å². The molecule has 3 aromatic rings. The third kappa shape index (κ3) is 3.95. The number of carbonyl (C=O) groups excluding carboxylic acids is 1. The summed E-state index contributed by atoms with van der Waals surface area (Å²) in [5.41, 5.74) is 1.33. The quantitative estimate of drug-likeness (QED) is 0.431. The fourth-order valence-corrected chi connectivity index (χ4v) is 2.98. The predicted octanol–water partition coefficient (Wildman–Crippen LogP) is 5.15. The van der Waals surface area contributed by atoms with E-state index in [-0.39, 0.29) is 5.78 Å². The fraction of sp³-hybridized carbons (Fsp3) is 0.174. The molecule has 0 bridgehead atoms. The Labute approximate surface area is 159 Å². The Kier molecular flexibility index (Phi) is 5.77. The average molecular weight is 362 g/mol. The van der Waals surface area contributed by atoms with E-state index >= 15 is 0 Å². The number of allylic oxidation sites excluding steroid dienone is 1. The van der Waals surface area contributed by atoms with E-state index in [0.717, 1.165) is 22.1 Å². The van der Waals surface area contributed by atoms with Gasteiger partial charge in [-0.2, -0.15) is 0 Å². The highest BCUT2D eigenvalue weighted by Gasteiger charge is 2.12. The fourth-order valence-electron chi connectivity index (χ4n) is 2.98. The van der Waals surface area contributed by atoms with E-state index in [1.54, 1.807) is 44.6 Å². The number of rotatable bonds is 7. The van der Waals surface area contributed by atoms with E-state index in [9.17, 15) is 4.79 Å². The van der Waals surface area contributed by atoms with Crippen LogP contribution >= 0.6 is 0 Å². The molecule has 0 heterocycles. The molecule has 3 rings (SSSR count). The maximum atomic E-state index is 12.8. The third-order valence-corrected chi connectivity index (χ3v) is 4.30. The number of ketones is 1. The predicted molar refractivity (Wildman–Crippen MR) is 108 cm³/mol. The SMILES string of the molecule is CCOc1ccc2ccccc2c1/C=C/C(=O)c1cc(OC)ccc1OC. The minimum Gasteiger partial charge on any atom is -0.497 e. The van der Waals surface area contributed by atoms with Crippen molar-refractivity contribution in [2.75, 3.05) is 20.8 Å². The van der Waals surface area contributed by atoms with Crippen LogP contribution in [0.5, 0.6) is 17.2 Å². The van der Waals surface area contributed by atoms with Gasteiger partial charge in [0.25, 0.3) is 0 Å². The molecule has 0 unspecified atom stereocenters. The second-order valence-corrected chi connectivity index (χ2v) is 5.90. The molecule has 4 nitrogen and oxygen atoms in total. The van der Waals surface area contributed by atoms with Gasteiger partial charge in [0.15, 0.2) is 5.78 Å². The van der Waals surface area contributed by atoms with Gasteiger partial charge in [-0.05, 0) is 54.1 Å². The summed E-state index contributed by atoms with van der Waals surface area (Å²) in [5.74, 6) is 1.69. The van der Waals surface area contributed by atoms with Crippen molar-refractivity contribution in [3.8, 4) is 17.2 Å². The molecule has 0 radical (unpaired) electrons. The van der Waals surface area contributed by atoms with E-state index in [4.69, 9.17) is 14.2 Å². The number of hydrogen-bond acceptors (Lipinski definition) is 4.